The average molecular weight is 337 g/mol. The van der Waals surface area contributed by atoms with Crippen LogP contribution in [0.2, 0.25) is 0 Å². The Bertz CT molecular complexity index is 739. The maximum Gasteiger partial charge on any atom is 0.337 e. The summed E-state index contributed by atoms with van der Waals surface area (Å²) >= 11 is 3.19. The smallest absolute Gasteiger partial charge is 0.337 e. The number of carboxylic acid groups (broad SMARTS) is 1. The molecule has 1 aromatic heterocycles. The third kappa shape index (κ3) is 2.94. The minimum absolute atomic E-state index is 0.0612. The minimum Gasteiger partial charge on any atom is -0.478 e. The molecule has 0 saturated carbocycles. The van der Waals surface area contributed by atoms with Gasteiger partial charge in [0.05, 0.1) is 11.3 Å². The predicted molar refractivity (Wildman–Crippen MR) is 76.1 cm³/mol. The predicted octanol–water partition coefficient (Wildman–Crippen LogP) is 2.09. The lowest BCUT2D eigenvalue weighted by molar-refractivity contribution is 0.0698. The van der Waals surface area contributed by atoms with Crippen LogP contribution in [0.15, 0.2) is 45.9 Å². The molecule has 2 aromatic rings. The van der Waals surface area contributed by atoms with Gasteiger partial charge >= 0.3 is 5.97 Å². The Hall–Kier alpha value is -2.41. The van der Waals surface area contributed by atoms with Crippen molar-refractivity contribution in [1.82, 2.24) is 4.98 Å². The molecule has 1 amide bonds. The normalized spacial score (nSPS) is 10.1. The number of benzene rings is 1. The first-order valence-electron chi connectivity index (χ1n) is 5.50. The zero-order chi connectivity index (χ0) is 14.7. The van der Waals surface area contributed by atoms with Gasteiger partial charge in [-0.05, 0) is 18.2 Å². The number of nitrogens with one attached hydrogen (secondary N) is 2. The van der Waals surface area contributed by atoms with E-state index < -0.39 is 17.3 Å². The van der Waals surface area contributed by atoms with Crippen molar-refractivity contribution in [3.63, 3.8) is 0 Å². The molecule has 7 heteroatoms. The first kappa shape index (κ1) is 14.0. The molecule has 0 saturated heterocycles. The number of rotatable bonds is 3. The molecule has 0 unspecified atom stereocenters. The summed E-state index contributed by atoms with van der Waals surface area (Å²) in [4.78, 5) is 37.2. The third-order valence-corrected chi connectivity index (χ3v) is 3.02. The van der Waals surface area contributed by atoms with Crippen LogP contribution in [0.4, 0.5) is 5.69 Å². The van der Waals surface area contributed by atoms with Crippen molar-refractivity contribution in [2.45, 2.75) is 0 Å². The average Bonchev–Trinajstić information content (AvgIpc) is 2.38. The largest absolute Gasteiger partial charge is 0.478 e. The van der Waals surface area contributed by atoms with E-state index in [9.17, 15) is 14.4 Å². The van der Waals surface area contributed by atoms with E-state index in [1.54, 1.807) is 6.07 Å². The molecule has 0 radical (unpaired) electrons. The van der Waals surface area contributed by atoms with Crippen LogP contribution in [-0.2, 0) is 0 Å². The van der Waals surface area contributed by atoms with Crippen molar-refractivity contribution in [2.75, 3.05) is 5.32 Å². The topological polar surface area (TPSA) is 99.3 Å². The van der Waals surface area contributed by atoms with Gasteiger partial charge in [0.15, 0.2) is 5.43 Å². The summed E-state index contributed by atoms with van der Waals surface area (Å²) < 4.78 is 0.611. The van der Waals surface area contributed by atoms with E-state index in [0.29, 0.717) is 4.47 Å². The maximum atomic E-state index is 12.0. The molecule has 0 aliphatic rings. The van der Waals surface area contributed by atoms with Crippen LogP contribution in [-0.4, -0.2) is 22.0 Å². The maximum absolute atomic E-state index is 12.0. The van der Waals surface area contributed by atoms with Crippen molar-refractivity contribution in [3.8, 4) is 0 Å². The van der Waals surface area contributed by atoms with E-state index in [1.807, 2.05) is 0 Å². The van der Waals surface area contributed by atoms with Crippen LogP contribution in [0.5, 0.6) is 0 Å². The van der Waals surface area contributed by atoms with Gasteiger partial charge in [-0.3, -0.25) is 9.59 Å². The van der Waals surface area contributed by atoms with Gasteiger partial charge in [-0.1, -0.05) is 15.9 Å². The number of hydrogen-bond acceptors (Lipinski definition) is 3. The van der Waals surface area contributed by atoms with Crippen LogP contribution >= 0.6 is 15.9 Å². The van der Waals surface area contributed by atoms with Gasteiger partial charge in [0.1, 0.15) is 5.56 Å². The third-order valence-electron chi connectivity index (χ3n) is 2.53. The summed E-state index contributed by atoms with van der Waals surface area (Å²) in [6.45, 7) is 0. The number of carbonyl (C=O) groups excluding carboxylic acids is 1. The van der Waals surface area contributed by atoms with Gasteiger partial charge in [0, 0.05) is 22.9 Å². The van der Waals surface area contributed by atoms with Gasteiger partial charge in [0.2, 0.25) is 0 Å². The molecule has 0 spiro atoms. The van der Waals surface area contributed by atoms with Crippen LogP contribution in [0.3, 0.4) is 0 Å². The molecular formula is C13H9BrN2O4. The second-order valence-corrected chi connectivity index (χ2v) is 4.79. The second-order valence-electron chi connectivity index (χ2n) is 3.87. The number of amides is 1. The van der Waals surface area contributed by atoms with Gasteiger partial charge in [-0.2, -0.15) is 0 Å². The minimum atomic E-state index is -1.17. The molecule has 1 aromatic carbocycles. The number of aromatic amines is 1. The number of anilines is 1. The quantitative estimate of drug-likeness (QED) is 0.798. The Morgan fingerprint density at radius 3 is 2.60 bits per heavy atom. The first-order valence-corrected chi connectivity index (χ1v) is 6.29. The standard InChI is InChI=1S/C13H9BrN2O4/c14-7-1-2-8(13(19)20)10(5-7)16-12(18)9-6-15-4-3-11(9)17/h1-6H,(H,15,17)(H,16,18)(H,19,20). The molecule has 2 rings (SSSR count). The van der Waals surface area contributed by atoms with Gasteiger partial charge in [0.25, 0.3) is 5.91 Å². The Morgan fingerprint density at radius 2 is 1.95 bits per heavy atom. The van der Waals surface area contributed by atoms with E-state index in [1.165, 1.54) is 30.6 Å². The Kier molecular flexibility index (Phi) is 3.99. The van der Waals surface area contributed by atoms with Crippen molar-refractivity contribution in [3.05, 3.63) is 62.5 Å². The molecule has 0 fully saturated rings. The molecule has 6 nitrogen and oxygen atoms in total. The van der Waals surface area contributed by atoms with Crippen molar-refractivity contribution < 1.29 is 14.7 Å². The fourth-order valence-corrected chi connectivity index (χ4v) is 1.95. The fourth-order valence-electron chi connectivity index (χ4n) is 1.59. The van der Waals surface area contributed by atoms with Crippen molar-refractivity contribution in [2.24, 2.45) is 0 Å². The zero-order valence-electron chi connectivity index (χ0n) is 10.0. The Balaban J connectivity index is 2.38. The molecule has 3 N–H and O–H groups in total. The van der Waals surface area contributed by atoms with E-state index in [4.69, 9.17) is 5.11 Å². The highest BCUT2D eigenvalue weighted by atomic mass is 79.9. The van der Waals surface area contributed by atoms with Crippen LogP contribution in [0.1, 0.15) is 20.7 Å². The van der Waals surface area contributed by atoms with E-state index in [-0.39, 0.29) is 16.8 Å². The number of carbonyl (C=O) groups is 2. The number of aromatic carboxylic acids is 1. The number of carboxylic acids is 1. The summed E-state index contributed by atoms with van der Waals surface area (Å²) in [5, 5.41) is 11.5. The van der Waals surface area contributed by atoms with E-state index in [0.717, 1.165) is 0 Å². The first-order chi connectivity index (χ1) is 9.49. The summed E-state index contributed by atoms with van der Waals surface area (Å²) in [7, 11) is 0. The number of aromatic nitrogens is 1. The Labute approximate surface area is 121 Å². The van der Waals surface area contributed by atoms with E-state index in [2.05, 4.69) is 26.2 Å². The monoisotopic (exact) mass is 336 g/mol. The van der Waals surface area contributed by atoms with Gasteiger partial charge in [-0.15, -0.1) is 0 Å². The summed E-state index contributed by atoms with van der Waals surface area (Å²) in [6.07, 6.45) is 2.66. The zero-order valence-corrected chi connectivity index (χ0v) is 11.6. The van der Waals surface area contributed by atoms with Gasteiger partial charge < -0.3 is 15.4 Å². The fraction of sp³-hybridized carbons (Fsp3) is 0. The molecule has 0 aliphatic heterocycles. The summed E-state index contributed by atoms with van der Waals surface area (Å²) in [5.41, 5.74) is -0.494. The summed E-state index contributed by atoms with van der Waals surface area (Å²) in [5.74, 6) is -1.85. The van der Waals surface area contributed by atoms with Crippen LogP contribution in [0.25, 0.3) is 0 Å². The highest BCUT2D eigenvalue weighted by molar-refractivity contribution is 9.10. The van der Waals surface area contributed by atoms with Crippen molar-refractivity contribution in [1.29, 1.82) is 0 Å². The number of H-pyrrole nitrogens is 1. The molecule has 0 bridgehead atoms. The molecule has 102 valence electrons. The molecule has 20 heavy (non-hydrogen) atoms. The molecule has 1 heterocycles. The number of hydrogen-bond donors (Lipinski definition) is 3. The molecule has 0 atom stereocenters. The lowest BCUT2D eigenvalue weighted by atomic mass is 10.1. The summed E-state index contributed by atoms with van der Waals surface area (Å²) in [6, 6.07) is 5.58. The molecule has 0 aliphatic carbocycles. The lowest BCUT2D eigenvalue weighted by Crippen LogP contribution is -2.22. The number of pyridine rings is 1. The Morgan fingerprint density at radius 1 is 1.20 bits per heavy atom. The second kappa shape index (κ2) is 5.70. The van der Waals surface area contributed by atoms with Crippen LogP contribution in [0, 0.1) is 0 Å². The van der Waals surface area contributed by atoms with E-state index >= 15 is 0 Å². The van der Waals surface area contributed by atoms with Crippen LogP contribution < -0.4 is 10.7 Å². The number of halogens is 1. The van der Waals surface area contributed by atoms with Crippen molar-refractivity contribution >= 4 is 33.5 Å². The molecular weight excluding hydrogens is 328 g/mol. The lowest BCUT2D eigenvalue weighted by Gasteiger charge is -2.08. The SMILES string of the molecule is O=C(O)c1ccc(Br)cc1NC(=O)c1c[nH]ccc1=O. The highest BCUT2D eigenvalue weighted by Gasteiger charge is 2.15. The highest BCUT2D eigenvalue weighted by Crippen LogP contribution is 2.22. The van der Waals surface area contributed by atoms with Gasteiger partial charge in [-0.25, -0.2) is 4.79 Å².